The van der Waals surface area contributed by atoms with Gasteiger partial charge in [0.1, 0.15) is 10.4 Å². The molecule has 1 aliphatic carbocycles. The van der Waals surface area contributed by atoms with E-state index in [1.807, 2.05) is 6.92 Å². The first-order chi connectivity index (χ1) is 18.4. The summed E-state index contributed by atoms with van der Waals surface area (Å²) in [6.07, 6.45) is 1.25. The van der Waals surface area contributed by atoms with Crippen molar-refractivity contribution in [3.05, 3.63) is 52.3 Å². The molecule has 2 aliphatic heterocycles. The van der Waals surface area contributed by atoms with Crippen molar-refractivity contribution in [2.75, 3.05) is 13.1 Å². The number of benzene rings is 1. The van der Waals surface area contributed by atoms with Gasteiger partial charge in [-0.3, -0.25) is 14.3 Å². The number of hydrogen-bond donors (Lipinski definition) is 1. The first-order valence-corrected chi connectivity index (χ1v) is 14.4. The number of aryl methyl sites for hydroxylation is 1. The normalized spacial score (nSPS) is 20.1. The molecular weight excluding hydrogens is 520 g/mol. The molecule has 1 aromatic carbocycles. The quantitative estimate of drug-likeness (QED) is 0.528. The van der Waals surface area contributed by atoms with Crippen LogP contribution in [0.3, 0.4) is 0 Å². The Bertz CT molecular complexity index is 1510. The maximum atomic E-state index is 13.9. The monoisotopic (exact) mass is 552 g/mol. The molecule has 0 radical (unpaired) electrons. The average molecular weight is 553 g/mol. The van der Waals surface area contributed by atoms with Gasteiger partial charge >= 0.3 is 0 Å². The van der Waals surface area contributed by atoms with Crippen molar-refractivity contribution in [3.8, 4) is 6.07 Å². The lowest BCUT2D eigenvalue weighted by atomic mass is 10.0. The third kappa shape index (κ3) is 4.48. The number of rotatable bonds is 8. The summed E-state index contributed by atoms with van der Waals surface area (Å²) in [5, 5.41) is 20.1. The zero-order valence-electron chi connectivity index (χ0n) is 22.5. The molecule has 1 unspecified atom stereocenters. The number of nitrogens with one attached hydrogen (secondary N) is 1. The summed E-state index contributed by atoms with van der Waals surface area (Å²) in [7, 11) is -2.07. The van der Waals surface area contributed by atoms with Gasteiger partial charge in [0.05, 0.1) is 22.1 Å². The van der Waals surface area contributed by atoms with Gasteiger partial charge in [-0.1, -0.05) is 17.3 Å². The lowest BCUT2D eigenvalue weighted by molar-refractivity contribution is 0.0602. The molecule has 1 fully saturated rings. The van der Waals surface area contributed by atoms with Crippen molar-refractivity contribution in [1.29, 1.82) is 5.26 Å². The SMILES string of the molecule is CC1=NOC(C(C)(C)S(=O)(=O)C2(CN3CCc4c(C(=O)NCc5ccc(C#N)cc5)nn(C)c4C3=O)CC2)C1. The summed E-state index contributed by atoms with van der Waals surface area (Å²) in [6.45, 7) is 5.82. The number of nitriles is 1. The fourth-order valence-corrected chi connectivity index (χ4v) is 8.02. The molecular formula is C27H32N6O5S. The topological polar surface area (TPSA) is 147 Å². The summed E-state index contributed by atoms with van der Waals surface area (Å²) in [5.41, 5.74) is 3.19. The van der Waals surface area contributed by atoms with Gasteiger partial charge in [-0.05, 0) is 57.7 Å². The minimum Gasteiger partial charge on any atom is -0.390 e. The lowest BCUT2D eigenvalue weighted by Crippen LogP contribution is -2.54. The number of aromatic nitrogens is 2. The second-order valence-electron chi connectivity index (χ2n) is 11.2. The summed E-state index contributed by atoms with van der Waals surface area (Å²) >= 11 is 0. The Balaban J connectivity index is 1.30. The second kappa shape index (κ2) is 9.48. The molecule has 0 saturated heterocycles. The van der Waals surface area contributed by atoms with E-state index in [4.69, 9.17) is 10.1 Å². The van der Waals surface area contributed by atoms with Crippen LogP contribution in [0, 0.1) is 11.3 Å². The highest BCUT2D eigenvalue weighted by molar-refractivity contribution is 7.94. The molecule has 2 amide bonds. The Morgan fingerprint density at radius 1 is 1.28 bits per heavy atom. The highest BCUT2D eigenvalue weighted by Crippen LogP contribution is 2.51. The minimum atomic E-state index is -3.69. The van der Waals surface area contributed by atoms with Crippen molar-refractivity contribution >= 4 is 27.4 Å². The van der Waals surface area contributed by atoms with Crippen LogP contribution in [0.4, 0.5) is 0 Å². The van der Waals surface area contributed by atoms with Crippen LogP contribution < -0.4 is 5.32 Å². The summed E-state index contributed by atoms with van der Waals surface area (Å²) in [4.78, 5) is 33.6. The summed E-state index contributed by atoms with van der Waals surface area (Å²) < 4.78 is 27.0. The second-order valence-corrected chi connectivity index (χ2v) is 14.1. The van der Waals surface area contributed by atoms with E-state index in [-0.39, 0.29) is 24.7 Å². The van der Waals surface area contributed by atoms with E-state index in [0.717, 1.165) is 11.3 Å². The van der Waals surface area contributed by atoms with Gasteiger partial charge in [0.2, 0.25) is 0 Å². The third-order valence-electron chi connectivity index (χ3n) is 8.16. The molecule has 0 spiro atoms. The molecule has 3 heterocycles. The fourth-order valence-electron chi connectivity index (χ4n) is 5.47. The molecule has 11 nitrogen and oxygen atoms in total. The van der Waals surface area contributed by atoms with Crippen molar-refractivity contribution < 1.29 is 22.8 Å². The number of carbonyl (C=O) groups excluding carboxylic acids is 2. The van der Waals surface area contributed by atoms with Crippen LogP contribution in [-0.2, 0) is 34.7 Å². The van der Waals surface area contributed by atoms with Crippen LogP contribution >= 0.6 is 0 Å². The van der Waals surface area contributed by atoms with Crippen molar-refractivity contribution in [2.24, 2.45) is 12.2 Å². The van der Waals surface area contributed by atoms with E-state index in [2.05, 4.69) is 21.6 Å². The van der Waals surface area contributed by atoms with Crippen LogP contribution in [0.5, 0.6) is 0 Å². The maximum absolute atomic E-state index is 13.9. The first-order valence-electron chi connectivity index (χ1n) is 13.0. The van der Waals surface area contributed by atoms with Crippen LogP contribution in [0.2, 0.25) is 0 Å². The molecule has 3 aliphatic rings. The molecule has 1 atom stereocenters. The van der Waals surface area contributed by atoms with Gasteiger partial charge in [-0.2, -0.15) is 10.4 Å². The van der Waals surface area contributed by atoms with E-state index < -0.39 is 31.3 Å². The van der Waals surface area contributed by atoms with Crippen molar-refractivity contribution in [3.63, 3.8) is 0 Å². The van der Waals surface area contributed by atoms with Crippen LogP contribution in [0.15, 0.2) is 29.4 Å². The molecule has 1 saturated carbocycles. The van der Waals surface area contributed by atoms with E-state index in [0.29, 0.717) is 49.0 Å². The average Bonchev–Trinajstić information content (AvgIpc) is 3.44. The lowest BCUT2D eigenvalue weighted by Gasteiger charge is -2.36. The molecule has 1 aromatic heterocycles. The molecule has 0 bridgehead atoms. The Kier molecular flexibility index (Phi) is 6.53. The molecule has 12 heteroatoms. The predicted molar refractivity (Wildman–Crippen MR) is 143 cm³/mol. The molecule has 1 N–H and O–H groups in total. The van der Waals surface area contributed by atoms with Crippen LogP contribution in [-0.4, -0.2) is 69.3 Å². The zero-order chi connectivity index (χ0) is 28.2. The smallest absolute Gasteiger partial charge is 0.272 e. The number of nitrogens with zero attached hydrogens (tertiary/aromatic N) is 5. The van der Waals surface area contributed by atoms with Crippen LogP contribution in [0.25, 0.3) is 0 Å². The van der Waals surface area contributed by atoms with Gasteiger partial charge in [0.15, 0.2) is 21.6 Å². The van der Waals surface area contributed by atoms with Crippen molar-refractivity contribution in [1.82, 2.24) is 20.0 Å². The molecule has 2 aromatic rings. The number of carbonyl (C=O) groups is 2. The number of fused-ring (bicyclic) bond motifs is 1. The van der Waals surface area contributed by atoms with E-state index >= 15 is 0 Å². The Hall–Kier alpha value is -3.72. The Morgan fingerprint density at radius 2 is 1.97 bits per heavy atom. The number of sulfone groups is 1. The first kappa shape index (κ1) is 26.9. The van der Waals surface area contributed by atoms with Gasteiger partial charge in [-0.15, -0.1) is 0 Å². The Morgan fingerprint density at radius 3 is 2.56 bits per heavy atom. The third-order valence-corrected chi connectivity index (χ3v) is 11.5. The summed E-state index contributed by atoms with van der Waals surface area (Å²) in [6, 6.07) is 8.96. The highest BCUT2D eigenvalue weighted by atomic mass is 32.2. The minimum absolute atomic E-state index is 0.0923. The van der Waals surface area contributed by atoms with E-state index in [1.165, 1.54) is 4.68 Å². The van der Waals surface area contributed by atoms with Gasteiger partial charge < -0.3 is 15.1 Å². The van der Waals surface area contributed by atoms with Gasteiger partial charge in [-0.25, -0.2) is 8.42 Å². The fraction of sp³-hybridized carbons (Fsp3) is 0.519. The number of amides is 2. The van der Waals surface area contributed by atoms with Gasteiger partial charge in [0.25, 0.3) is 11.8 Å². The Labute approximate surface area is 227 Å². The molecule has 5 rings (SSSR count). The highest BCUT2D eigenvalue weighted by Gasteiger charge is 2.63. The number of oxime groups is 1. The van der Waals surface area contributed by atoms with Crippen LogP contribution in [0.1, 0.15) is 77.7 Å². The molecule has 39 heavy (non-hydrogen) atoms. The van der Waals surface area contributed by atoms with E-state index in [1.54, 1.807) is 50.1 Å². The standard InChI is InChI=1S/C27H32N6O5S/c1-17-13-21(38-31-17)26(2,3)39(36,37)27(10-11-27)16-33-12-9-20-22(30-32(4)23(20)25(33)35)24(34)29-15-19-7-5-18(14-28)6-8-19/h5-8,21H,9-13,15-16H2,1-4H3,(H,29,34). The van der Waals surface area contributed by atoms with E-state index in [9.17, 15) is 18.0 Å². The number of hydrogen-bond acceptors (Lipinski definition) is 8. The van der Waals surface area contributed by atoms with Crippen molar-refractivity contribution in [2.45, 2.75) is 68.6 Å². The maximum Gasteiger partial charge on any atom is 0.272 e. The molecule has 206 valence electrons. The largest absolute Gasteiger partial charge is 0.390 e. The zero-order valence-corrected chi connectivity index (χ0v) is 23.3. The predicted octanol–water partition coefficient (Wildman–Crippen LogP) is 2.11. The summed E-state index contributed by atoms with van der Waals surface area (Å²) in [5.74, 6) is -0.720. The van der Waals surface area contributed by atoms with Gasteiger partial charge in [0, 0.05) is 38.7 Å².